The molecule has 1 aromatic carbocycles. The van der Waals surface area contributed by atoms with Crippen LogP contribution in [0.1, 0.15) is 25.3 Å². The Hall–Kier alpha value is -0.920. The zero-order valence-electron chi connectivity index (χ0n) is 11.4. The molecule has 20 heavy (non-hydrogen) atoms. The fourth-order valence-electron chi connectivity index (χ4n) is 2.07. The number of benzene rings is 1. The molecule has 112 valence electrons. The molecule has 0 spiro atoms. The molecule has 1 saturated heterocycles. The molecule has 0 aliphatic carbocycles. The summed E-state index contributed by atoms with van der Waals surface area (Å²) in [6.07, 6.45) is 1.56. The number of sulfonamides is 1. The van der Waals surface area contributed by atoms with E-state index in [2.05, 4.69) is 3.77 Å². The normalized spacial score (nSPS) is 18.1. The molecular weight excluding hydrogens is 298 g/mol. The van der Waals surface area contributed by atoms with Crippen molar-refractivity contribution in [2.75, 3.05) is 18.1 Å². The standard InChI is InChI=1S/C13H19NO4S2/c1-2-18-11-12-6-5-7-13(10-12)20(16,17)14-19(15)8-3-4-9-19/h5-7,10H,2-4,8-9,11H2,1H3. The first kappa shape index (κ1) is 15.5. The van der Waals surface area contributed by atoms with Gasteiger partial charge in [-0.1, -0.05) is 12.1 Å². The number of hydrogen-bond donors (Lipinski definition) is 0. The maximum Gasteiger partial charge on any atom is 0.290 e. The van der Waals surface area contributed by atoms with Crippen molar-refractivity contribution in [1.29, 1.82) is 0 Å². The highest BCUT2D eigenvalue weighted by atomic mass is 32.3. The molecule has 0 atom stereocenters. The zero-order chi connectivity index (χ0) is 14.6. The van der Waals surface area contributed by atoms with E-state index in [1.165, 1.54) is 12.1 Å². The van der Waals surface area contributed by atoms with Gasteiger partial charge in [0.1, 0.15) is 0 Å². The van der Waals surface area contributed by atoms with Crippen molar-refractivity contribution >= 4 is 19.8 Å². The second kappa shape index (κ2) is 6.24. The van der Waals surface area contributed by atoms with Gasteiger partial charge in [-0.25, -0.2) is 4.21 Å². The van der Waals surface area contributed by atoms with Gasteiger partial charge in [-0.2, -0.15) is 8.42 Å². The Labute approximate surface area is 120 Å². The minimum Gasteiger partial charge on any atom is -0.377 e. The Kier molecular flexibility index (Phi) is 4.82. The molecule has 2 rings (SSSR count). The van der Waals surface area contributed by atoms with Crippen LogP contribution in [0.15, 0.2) is 32.9 Å². The summed E-state index contributed by atoms with van der Waals surface area (Å²) in [7, 11) is -6.44. The summed E-state index contributed by atoms with van der Waals surface area (Å²) in [5.74, 6) is 0.760. The quantitative estimate of drug-likeness (QED) is 0.834. The number of nitrogens with zero attached hydrogens (tertiary/aromatic N) is 1. The maximum atomic E-state index is 12.3. The minimum absolute atomic E-state index is 0.0873. The lowest BCUT2D eigenvalue weighted by molar-refractivity contribution is 0.134. The van der Waals surface area contributed by atoms with E-state index in [-0.39, 0.29) is 4.90 Å². The van der Waals surface area contributed by atoms with Crippen LogP contribution >= 0.6 is 0 Å². The largest absolute Gasteiger partial charge is 0.377 e. The Morgan fingerprint density at radius 2 is 2.00 bits per heavy atom. The van der Waals surface area contributed by atoms with Crippen molar-refractivity contribution in [1.82, 2.24) is 0 Å². The third-order valence-corrected chi connectivity index (χ3v) is 7.65. The molecule has 0 N–H and O–H groups in total. The molecule has 0 aromatic heterocycles. The molecule has 1 aliphatic rings. The maximum absolute atomic E-state index is 12.3. The Bertz CT molecular complexity index is 676. The van der Waals surface area contributed by atoms with E-state index in [0.717, 1.165) is 18.4 Å². The van der Waals surface area contributed by atoms with E-state index in [9.17, 15) is 12.6 Å². The van der Waals surface area contributed by atoms with Crippen LogP contribution in [0, 0.1) is 0 Å². The van der Waals surface area contributed by atoms with Crippen LogP contribution < -0.4 is 0 Å². The lowest BCUT2D eigenvalue weighted by Gasteiger charge is -2.05. The van der Waals surface area contributed by atoms with Crippen molar-refractivity contribution < 1.29 is 17.4 Å². The van der Waals surface area contributed by atoms with Gasteiger partial charge in [0, 0.05) is 18.1 Å². The second-order valence-electron chi connectivity index (χ2n) is 4.72. The van der Waals surface area contributed by atoms with Crippen molar-refractivity contribution in [3.8, 4) is 0 Å². The lowest BCUT2D eigenvalue weighted by Crippen LogP contribution is -2.07. The molecule has 1 aliphatic heterocycles. The van der Waals surface area contributed by atoms with Crippen molar-refractivity contribution in [3.05, 3.63) is 29.8 Å². The predicted molar refractivity (Wildman–Crippen MR) is 78.5 cm³/mol. The number of hydrogen-bond acceptors (Lipinski definition) is 4. The van der Waals surface area contributed by atoms with Crippen molar-refractivity contribution in [3.63, 3.8) is 0 Å². The van der Waals surface area contributed by atoms with Gasteiger partial charge in [-0.15, -0.1) is 3.77 Å². The average Bonchev–Trinajstić information content (AvgIpc) is 2.82. The van der Waals surface area contributed by atoms with Gasteiger partial charge >= 0.3 is 0 Å². The van der Waals surface area contributed by atoms with Crippen molar-refractivity contribution in [2.45, 2.75) is 31.3 Å². The van der Waals surface area contributed by atoms with Gasteiger partial charge in [0.25, 0.3) is 10.0 Å². The summed E-state index contributed by atoms with van der Waals surface area (Å²) < 4.78 is 45.7. The van der Waals surface area contributed by atoms with Gasteiger partial charge in [-0.05, 0) is 37.5 Å². The molecule has 1 aromatic rings. The summed E-state index contributed by atoms with van der Waals surface area (Å²) in [6.45, 7) is 2.80. The molecule has 0 bridgehead atoms. The molecule has 5 nitrogen and oxygen atoms in total. The topological polar surface area (TPSA) is 72.8 Å². The summed E-state index contributed by atoms with van der Waals surface area (Å²) >= 11 is 0. The van der Waals surface area contributed by atoms with Gasteiger partial charge in [0.05, 0.1) is 21.2 Å². The molecule has 1 fully saturated rings. The zero-order valence-corrected chi connectivity index (χ0v) is 13.1. The van der Waals surface area contributed by atoms with Crippen LogP contribution in [0.5, 0.6) is 0 Å². The highest BCUT2D eigenvalue weighted by Gasteiger charge is 2.22. The van der Waals surface area contributed by atoms with Crippen LogP contribution in [0.3, 0.4) is 0 Å². The fraction of sp³-hybridized carbons (Fsp3) is 0.538. The Balaban J connectivity index is 2.32. The van der Waals surface area contributed by atoms with Crippen molar-refractivity contribution in [2.24, 2.45) is 3.77 Å². The van der Waals surface area contributed by atoms with Gasteiger partial charge in [0.2, 0.25) is 0 Å². The molecular formula is C13H19NO4S2. The van der Waals surface area contributed by atoms with Crippen LogP contribution in [-0.2, 0) is 31.1 Å². The Morgan fingerprint density at radius 1 is 1.30 bits per heavy atom. The molecule has 0 amide bonds. The molecule has 1 heterocycles. The van der Waals surface area contributed by atoms with E-state index in [0.29, 0.717) is 24.7 Å². The van der Waals surface area contributed by atoms with Crippen LogP contribution in [0.4, 0.5) is 0 Å². The first-order valence-electron chi connectivity index (χ1n) is 6.61. The highest BCUT2D eigenvalue weighted by Crippen LogP contribution is 2.20. The van der Waals surface area contributed by atoms with Crippen LogP contribution in [0.2, 0.25) is 0 Å². The van der Waals surface area contributed by atoms with E-state index >= 15 is 0 Å². The second-order valence-corrected chi connectivity index (χ2v) is 9.10. The third-order valence-electron chi connectivity index (χ3n) is 3.08. The first-order valence-corrected chi connectivity index (χ1v) is 9.90. The average molecular weight is 317 g/mol. The predicted octanol–water partition coefficient (Wildman–Crippen LogP) is 2.17. The van der Waals surface area contributed by atoms with Gasteiger partial charge in [-0.3, -0.25) is 0 Å². The van der Waals surface area contributed by atoms with E-state index in [4.69, 9.17) is 4.74 Å². The summed E-state index contributed by atoms with van der Waals surface area (Å²) in [4.78, 5) is 0.0873. The lowest BCUT2D eigenvalue weighted by atomic mass is 10.2. The third kappa shape index (κ3) is 3.80. The number of rotatable bonds is 5. The van der Waals surface area contributed by atoms with Crippen LogP contribution in [0.25, 0.3) is 0 Å². The highest BCUT2D eigenvalue weighted by molar-refractivity contribution is 8.03. The van der Waals surface area contributed by atoms with Crippen LogP contribution in [-0.4, -0.2) is 30.7 Å². The molecule has 0 radical (unpaired) electrons. The fourth-order valence-corrected chi connectivity index (χ4v) is 6.51. The smallest absolute Gasteiger partial charge is 0.290 e. The number of ether oxygens (including phenoxy) is 1. The molecule has 0 unspecified atom stereocenters. The monoisotopic (exact) mass is 317 g/mol. The minimum atomic E-state index is -3.86. The molecule has 7 heteroatoms. The molecule has 0 saturated carbocycles. The SMILES string of the molecule is CCOCc1cccc(S(=O)(=O)N=S2(=O)CCCC2)c1. The van der Waals surface area contributed by atoms with Gasteiger partial charge in [0.15, 0.2) is 0 Å². The summed E-state index contributed by atoms with van der Waals surface area (Å²) in [5.41, 5.74) is 0.768. The van der Waals surface area contributed by atoms with Gasteiger partial charge < -0.3 is 4.74 Å². The van der Waals surface area contributed by atoms with E-state index in [1.54, 1.807) is 12.1 Å². The summed E-state index contributed by atoms with van der Waals surface area (Å²) in [5, 5.41) is 0. The summed E-state index contributed by atoms with van der Waals surface area (Å²) in [6, 6.07) is 6.46. The first-order chi connectivity index (χ1) is 9.45. The Morgan fingerprint density at radius 3 is 2.65 bits per heavy atom. The van der Waals surface area contributed by atoms with E-state index in [1.807, 2.05) is 6.92 Å². The van der Waals surface area contributed by atoms with E-state index < -0.39 is 19.8 Å².